The van der Waals surface area contributed by atoms with Gasteiger partial charge in [-0.3, -0.25) is 9.59 Å². The standard InChI is InChI=1S/C12H23NO3/c1-4-10(3)16-9-8-13-12(15)7-6-11(14)5-2/h10H,4-9H2,1-3H3,(H,13,15). The van der Waals surface area contributed by atoms with Crippen LogP contribution in [0, 0.1) is 0 Å². The van der Waals surface area contributed by atoms with Crippen molar-refractivity contribution >= 4 is 11.7 Å². The zero-order chi connectivity index (χ0) is 12.4. The molecule has 4 heteroatoms. The third-order valence-electron chi connectivity index (χ3n) is 2.43. The molecule has 0 bridgehead atoms. The van der Waals surface area contributed by atoms with E-state index in [1.807, 2.05) is 6.92 Å². The maximum atomic E-state index is 11.3. The summed E-state index contributed by atoms with van der Waals surface area (Å²) in [5.41, 5.74) is 0. The molecule has 1 unspecified atom stereocenters. The Morgan fingerprint density at radius 1 is 1.25 bits per heavy atom. The third kappa shape index (κ3) is 8.41. The van der Waals surface area contributed by atoms with Crippen LogP contribution in [0.1, 0.15) is 46.5 Å². The molecule has 0 rings (SSSR count). The van der Waals surface area contributed by atoms with Crippen LogP contribution in [-0.4, -0.2) is 30.9 Å². The predicted octanol–water partition coefficient (Wildman–Crippen LogP) is 1.68. The van der Waals surface area contributed by atoms with Crippen molar-refractivity contribution in [3.63, 3.8) is 0 Å². The molecule has 1 amide bonds. The molecule has 94 valence electrons. The first-order chi connectivity index (χ1) is 7.60. The van der Waals surface area contributed by atoms with E-state index in [9.17, 15) is 9.59 Å². The molecular weight excluding hydrogens is 206 g/mol. The minimum atomic E-state index is -0.0745. The van der Waals surface area contributed by atoms with Crippen LogP contribution >= 0.6 is 0 Å². The van der Waals surface area contributed by atoms with Gasteiger partial charge in [0, 0.05) is 25.8 Å². The number of ether oxygens (including phenoxy) is 1. The second kappa shape index (κ2) is 9.33. The first kappa shape index (κ1) is 15.1. The van der Waals surface area contributed by atoms with Crippen LogP contribution in [0.4, 0.5) is 0 Å². The summed E-state index contributed by atoms with van der Waals surface area (Å²) >= 11 is 0. The fourth-order valence-corrected chi connectivity index (χ4v) is 1.09. The van der Waals surface area contributed by atoms with Gasteiger partial charge in [0.05, 0.1) is 12.7 Å². The Morgan fingerprint density at radius 3 is 2.50 bits per heavy atom. The highest BCUT2D eigenvalue weighted by molar-refractivity contribution is 5.84. The number of Topliss-reactive ketones (excluding diaryl/α,β-unsaturated/α-hetero) is 1. The van der Waals surface area contributed by atoms with Crippen LogP contribution in [0.2, 0.25) is 0 Å². The van der Waals surface area contributed by atoms with Crippen molar-refractivity contribution < 1.29 is 14.3 Å². The van der Waals surface area contributed by atoms with E-state index in [0.717, 1.165) is 6.42 Å². The number of amides is 1. The Labute approximate surface area is 97.7 Å². The van der Waals surface area contributed by atoms with Gasteiger partial charge in [-0.15, -0.1) is 0 Å². The van der Waals surface area contributed by atoms with Crippen molar-refractivity contribution in [2.45, 2.75) is 52.6 Å². The number of hydrogen-bond donors (Lipinski definition) is 1. The first-order valence-corrected chi connectivity index (χ1v) is 6.00. The normalized spacial score (nSPS) is 12.2. The van der Waals surface area contributed by atoms with Crippen LogP contribution in [-0.2, 0) is 14.3 Å². The zero-order valence-electron chi connectivity index (χ0n) is 10.5. The van der Waals surface area contributed by atoms with Gasteiger partial charge in [0.15, 0.2) is 0 Å². The number of hydrogen-bond acceptors (Lipinski definition) is 3. The minimum Gasteiger partial charge on any atom is -0.377 e. The van der Waals surface area contributed by atoms with Crippen LogP contribution in [0.3, 0.4) is 0 Å². The molecule has 4 nitrogen and oxygen atoms in total. The summed E-state index contributed by atoms with van der Waals surface area (Å²) in [6.45, 7) is 6.91. The van der Waals surface area contributed by atoms with Gasteiger partial charge < -0.3 is 10.1 Å². The Bertz CT molecular complexity index is 216. The Balaban J connectivity index is 3.40. The van der Waals surface area contributed by atoms with Crippen molar-refractivity contribution in [2.24, 2.45) is 0 Å². The number of carbonyl (C=O) groups is 2. The van der Waals surface area contributed by atoms with E-state index in [1.165, 1.54) is 0 Å². The highest BCUT2D eigenvalue weighted by atomic mass is 16.5. The fraction of sp³-hybridized carbons (Fsp3) is 0.833. The lowest BCUT2D eigenvalue weighted by atomic mass is 10.2. The van der Waals surface area contributed by atoms with E-state index in [-0.39, 0.29) is 24.2 Å². The topological polar surface area (TPSA) is 55.4 Å². The summed E-state index contributed by atoms with van der Waals surface area (Å²) in [4.78, 5) is 22.2. The van der Waals surface area contributed by atoms with Crippen LogP contribution in [0.25, 0.3) is 0 Å². The van der Waals surface area contributed by atoms with E-state index in [4.69, 9.17) is 4.74 Å². The molecule has 0 aromatic carbocycles. The summed E-state index contributed by atoms with van der Waals surface area (Å²) < 4.78 is 5.41. The van der Waals surface area contributed by atoms with Gasteiger partial charge in [0.1, 0.15) is 5.78 Å². The lowest BCUT2D eigenvalue weighted by Crippen LogP contribution is -2.28. The van der Waals surface area contributed by atoms with E-state index in [0.29, 0.717) is 26.0 Å². The molecule has 1 atom stereocenters. The summed E-state index contributed by atoms with van der Waals surface area (Å²) in [5, 5.41) is 2.73. The van der Waals surface area contributed by atoms with Crippen LogP contribution < -0.4 is 5.32 Å². The average molecular weight is 229 g/mol. The van der Waals surface area contributed by atoms with E-state index < -0.39 is 0 Å². The van der Waals surface area contributed by atoms with Crippen LogP contribution in [0.5, 0.6) is 0 Å². The molecule has 1 N–H and O–H groups in total. The Kier molecular flexibility index (Phi) is 8.81. The Hall–Kier alpha value is -0.900. The summed E-state index contributed by atoms with van der Waals surface area (Å²) in [6, 6.07) is 0. The largest absolute Gasteiger partial charge is 0.377 e. The third-order valence-corrected chi connectivity index (χ3v) is 2.43. The monoisotopic (exact) mass is 229 g/mol. The van der Waals surface area contributed by atoms with Gasteiger partial charge in [-0.2, -0.15) is 0 Å². The van der Waals surface area contributed by atoms with Crippen molar-refractivity contribution in [1.29, 1.82) is 0 Å². The van der Waals surface area contributed by atoms with E-state index >= 15 is 0 Å². The summed E-state index contributed by atoms with van der Waals surface area (Å²) in [7, 11) is 0. The molecule has 0 aliphatic heterocycles. The highest BCUT2D eigenvalue weighted by Gasteiger charge is 2.05. The van der Waals surface area contributed by atoms with Gasteiger partial charge in [-0.25, -0.2) is 0 Å². The highest BCUT2D eigenvalue weighted by Crippen LogP contribution is 1.95. The van der Waals surface area contributed by atoms with Gasteiger partial charge in [-0.1, -0.05) is 13.8 Å². The smallest absolute Gasteiger partial charge is 0.220 e. The van der Waals surface area contributed by atoms with Gasteiger partial charge in [-0.05, 0) is 13.3 Å². The molecule has 0 fully saturated rings. The number of ketones is 1. The molecule has 0 aromatic rings. The van der Waals surface area contributed by atoms with Crippen molar-refractivity contribution in [3.8, 4) is 0 Å². The number of nitrogens with one attached hydrogen (secondary N) is 1. The van der Waals surface area contributed by atoms with Crippen molar-refractivity contribution in [3.05, 3.63) is 0 Å². The SMILES string of the molecule is CCC(=O)CCC(=O)NCCOC(C)CC. The van der Waals surface area contributed by atoms with Crippen molar-refractivity contribution in [2.75, 3.05) is 13.2 Å². The lowest BCUT2D eigenvalue weighted by Gasteiger charge is -2.10. The second-order valence-electron chi connectivity index (χ2n) is 3.83. The second-order valence-corrected chi connectivity index (χ2v) is 3.83. The molecular formula is C12H23NO3. The quantitative estimate of drug-likeness (QED) is 0.612. The maximum absolute atomic E-state index is 11.3. The maximum Gasteiger partial charge on any atom is 0.220 e. The average Bonchev–Trinajstić information content (AvgIpc) is 2.31. The molecule has 0 spiro atoms. The molecule has 0 saturated carbocycles. The summed E-state index contributed by atoms with van der Waals surface area (Å²) in [5.74, 6) is 0.0561. The fourth-order valence-electron chi connectivity index (χ4n) is 1.09. The number of rotatable bonds is 9. The van der Waals surface area contributed by atoms with Crippen molar-refractivity contribution in [1.82, 2.24) is 5.32 Å². The number of carbonyl (C=O) groups excluding carboxylic acids is 2. The molecule has 0 heterocycles. The Morgan fingerprint density at radius 2 is 1.94 bits per heavy atom. The molecule has 16 heavy (non-hydrogen) atoms. The predicted molar refractivity (Wildman–Crippen MR) is 63.2 cm³/mol. The minimum absolute atomic E-state index is 0.0745. The zero-order valence-corrected chi connectivity index (χ0v) is 10.5. The van der Waals surface area contributed by atoms with Crippen LogP contribution in [0.15, 0.2) is 0 Å². The molecule has 0 aliphatic rings. The van der Waals surface area contributed by atoms with E-state index in [1.54, 1.807) is 6.92 Å². The molecule has 0 radical (unpaired) electrons. The summed E-state index contributed by atoms with van der Waals surface area (Å²) in [6.07, 6.45) is 2.34. The molecule has 0 aromatic heterocycles. The van der Waals surface area contributed by atoms with Gasteiger partial charge in [0.25, 0.3) is 0 Å². The first-order valence-electron chi connectivity index (χ1n) is 6.00. The molecule has 0 saturated heterocycles. The molecule has 0 aliphatic carbocycles. The van der Waals surface area contributed by atoms with E-state index in [2.05, 4.69) is 12.2 Å². The van der Waals surface area contributed by atoms with Gasteiger partial charge >= 0.3 is 0 Å². The lowest BCUT2D eigenvalue weighted by molar-refractivity contribution is -0.125. The van der Waals surface area contributed by atoms with Gasteiger partial charge in [0.2, 0.25) is 5.91 Å².